The third kappa shape index (κ3) is 6.10. The Balaban J connectivity index is 2.72. The van der Waals surface area contributed by atoms with Gasteiger partial charge in [0.05, 0.1) is 0 Å². The second-order valence-electron chi connectivity index (χ2n) is 1.55. The van der Waals surface area contributed by atoms with Gasteiger partial charge in [0, 0.05) is 13.2 Å². The van der Waals surface area contributed by atoms with Gasteiger partial charge >= 0.3 is 9.28 Å². The van der Waals surface area contributed by atoms with Gasteiger partial charge in [0.1, 0.15) is 0 Å². The van der Waals surface area contributed by atoms with E-state index in [9.17, 15) is 0 Å². The zero-order valence-electron chi connectivity index (χ0n) is 5.00. The van der Waals surface area contributed by atoms with Crippen LogP contribution in [0.15, 0.2) is 0 Å². The van der Waals surface area contributed by atoms with Crippen LogP contribution in [-0.4, -0.2) is 32.4 Å². The number of hydrogen-bond donors (Lipinski definition) is 2. The van der Waals surface area contributed by atoms with Crippen molar-refractivity contribution in [3.05, 3.63) is 0 Å². The maximum absolute atomic E-state index is 8.61. The molecule has 0 aliphatic heterocycles. The fraction of sp³-hybridized carbons (Fsp3) is 1.00. The molecule has 0 aliphatic rings. The van der Waals surface area contributed by atoms with Crippen LogP contribution in [0.4, 0.5) is 0 Å². The lowest BCUT2D eigenvalue weighted by molar-refractivity contribution is 0.213. The van der Waals surface area contributed by atoms with E-state index in [0.29, 0.717) is 13.0 Å². The average molecular weight is 136 g/mol. The van der Waals surface area contributed by atoms with Crippen LogP contribution in [0.3, 0.4) is 0 Å². The lowest BCUT2D eigenvalue weighted by atomic mass is 10.5. The predicted octanol–water partition coefficient (Wildman–Crippen LogP) is -0.772. The van der Waals surface area contributed by atoms with Crippen molar-refractivity contribution in [2.24, 2.45) is 0 Å². The molecular formula is C4H12O3Si. The smallest absolute Gasteiger partial charge is 0.315 e. The standard InChI is InChI=1S/C4H12O3Si/c1-8(6)7-4-2-3-5/h5-6,8H,2-4H2,1H3. The largest absolute Gasteiger partial charge is 0.413 e. The Morgan fingerprint density at radius 2 is 2.25 bits per heavy atom. The predicted molar refractivity (Wildman–Crippen MR) is 32.9 cm³/mol. The monoisotopic (exact) mass is 136 g/mol. The molecule has 3 nitrogen and oxygen atoms in total. The van der Waals surface area contributed by atoms with Crippen LogP contribution in [0.2, 0.25) is 6.55 Å². The van der Waals surface area contributed by atoms with Crippen molar-refractivity contribution in [2.45, 2.75) is 13.0 Å². The molecule has 0 heterocycles. The summed E-state index contributed by atoms with van der Waals surface area (Å²) in [4.78, 5) is 8.61. The van der Waals surface area contributed by atoms with Crippen LogP contribution in [0, 0.1) is 0 Å². The molecule has 0 aromatic rings. The van der Waals surface area contributed by atoms with Gasteiger partial charge in [0.15, 0.2) is 0 Å². The molecule has 4 heteroatoms. The van der Waals surface area contributed by atoms with Gasteiger partial charge in [-0.25, -0.2) is 0 Å². The highest BCUT2D eigenvalue weighted by Gasteiger charge is 1.95. The summed E-state index contributed by atoms with van der Waals surface area (Å²) < 4.78 is 4.82. The van der Waals surface area contributed by atoms with Gasteiger partial charge in [0.2, 0.25) is 0 Å². The Kier molecular flexibility index (Phi) is 5.30. The minimum absolute atomic E-state index is 0.140. The molecule has 0 saturated carbocycles. The maximum Gasteiger partial charge on any atom is 0.315 e. The number of aliphatic hydroxyl groups excluding tert-OH is 1. The molecular weight excluding hydrogens is 124 g/mol. The molecule has 0 spiro atoms. The van der Waals surface area contributed by atoms with E-state index in [1.807, 2.05) is 0 Å². The minimum atomic E-state index is -1.81. The second-order valence-corrected chi connectivity index (χ2v) is 3.08. The molecule has 0 aromatic heterocycles. The quantitative estimate of drug-likeness (QED) is 0.394. The zero-order chi connectivity index (χ0) is 6.41. The summed E-state index contributed by atoms with van der Waals surface area (Å²) in [5.74, 6) is 0. The fourth-order valence-electron chi connectivity index (χ4n) is 0.318. The molecule has 1 atom stereocenters. The summed E-state index contributed by atoms with van der Waals surface area (Å²) >= 11 is 0. The van der Waals surface area contributed by atoms with Gasteiger partial charge in [-0.2, -0.15) is 0 Å². The second kappa shape index (κ2) is 5.24. The molecule has 50 valence electrons. The Labute approximate surface area is 50.8 Å². The molecule has 2 N–H and O–H groups in total. The maximum atomic E-state index is 8.61. The van der Waals surface area contributed by atoms with Crippen molar-refractivity contribution >= 4 is 9.28 Å². The van der Waals surface area contributed by atoms with E-state index >= 15 is 0 Å². The van der Waals surface area contributed by atoms with Gasteiger partial charge in [-0.1, -0.05) is 0 Å². The first-order valence-electron chi connectivity index (χ1n) is 2.68. The first kappa shape index (κ1) is 8.10. The zero-order valence-corrected chi connectivity index (χ0v) is 6.16. The topological polar surface area (TPSA) is 49.7 Å². The molecule has 0 fully saturated rings. The minimum Gasteiger partial charge on any atom is -0.413 e. The lowest BCUT2D eigenvalue weighted by Crippen LogP contribution is -2.13. The Hall–Kier alpha value is 0.0969. The van der Waals surface area contributed by atoms with Crippen molar-refractivity contribution < 1.29 is 14.3 Å². The molecule has 8 heavy (non-hydrogen) atoms. The fourth-order valence-corrected chi connectivity index (χ4v) is 0.826. The van der Waals surface area contributed by atoms with Gasteiger partial charge in [-0.15, -0.1) is 0 Å². The number of aliphatic hydroxyl groups is 1. The highest BCUT2D eigenvalue weighted by Crippen LogP contribution is 1.82. The summed E-state index contributed by atoms with van der Waals surface area (Å²) in [7, 11) is -1.81. The molecule has 0 bridgehead atoms. The van der Waals surface area contributed by atoms with Crippen molar-refractivity contribution in [3.8, 4) is 0 Å². The third-order valence-corrected chi connectivity index (χ3v) is 1.38. The van der Waals surface area contributed by atoms with E-state index in [0.717, 1.165) is 0 Å². The van der Waals surface area contributed by atoms with Gasteiger partial charge in [-0.05, 0) is 13.0 Å². The number of hydrogen-bond acceptors (Lipinski definition) is 3. The molecule has 0 amide bonds. The summed E-state index contributed by atoms with van der Waals surface area (Å²) in [6.07, 6.45) is 0.623. The van der Waals surface area contributed by atoms with Crippen molar-refractivity contribution in [2.75, 3.05) is 13.2 Å². The van der Waals surface area contributed by atoms with Crippen molar-refractivity contribution in [1.29, 1.82) is 0 Å². The van der Waals surface area contributed by atoms with E-state index in [4.69, 9.17) is 14.3 Å². The molecule has 0 rings (SSSR count). The van der Waals surface area contributed by atoms with Crippen molar-refractivity contribution in [1.82, 2.24) is 0 Å². The van der Waals surface area contributed by atoms with Crippen LogP contribution >= 0.6 is 0 Å². The van der Waals surface area contributed by atoms with E-state index in [2.05, 4.69) is 0 Å². The summed E-state index contributed by atoms with van der Waals surface area (Å²) in [5.41, 5.74) is 0. The van der Waals surface area contributed by atoms with E-state index in [1.54, 1.807) is 6.55 Å². The average Bonchev–Trinajstić information content (AvgIpc) is 1.66. The summed E-state index contributed by atoms with van der Waals surface area (Å²) in [6.45, 7) is 2.30. The summed E-state index contributed by atoms with van der Waals surface area (Å²) in [5, 5.41) is 8.23. The SMILES string of the molecule is C[SiH](O)OCCCO. The Bertz CT molecular complexity index is 48.5. The summed E-state index contributed by atoms with van der Waals surface area (Å²) in [6, 6.07) is 0. The van der Waals surface area contributed by atoms with E-state index in [1.165, 1.54) is 0 Å². The van der Waals surface area contributed by atoms with Gasteiger partial charge < -0.3 is 14.3 Å². The normalized spacial score (nSPS) is 13.9. The molecule has 0 radical (unpaired) electrons. The molecule has 0 saturated heterocycles. The van der Waals surface area contributed by atoms with Crippen LogP contribution in [0.1, 0.15) is 6.42 Å². The van der Waals surface area contributed by atoms with Crippen LogP contribution in [0.25, 0.3) is 0 Å². The number of rotatable bonds is 4. The van der Waals surface area contributed by atoms with Gasteiger partial charge in [0.25, 0.3) is 0 Å². The van der Waals surface area contributed by atoms with Crippen LogP contribution in [0.5, 0.6) is 0 Å². The Morgan fingerprint density at radius 1 is 1.62 bits per heavy atom. The first-order chi connectivity index (χ1) is 3.77. The van der Waals surface area contributed by atoms with E-state index in [-0.39, 0.29) is 6.61 Å². The van der Waals surface area contributed by atoms with Gasteiger partial charge in [-0.3, -0.25) is 0 Å². The van der Waals surface area contributed by atoms with Crippen LogP contribution in [-0.2, 0) is 4.43 Å². The lowest BCUT2D eigenvalue weighted by Gasteiger charge is -2.01. The molecule has 0 aliphatic carbocycles. The van der Waals surface area contributed by atoms with Crippen LogP contribution < -0.4 is 0 Å². The Morgan fingerprint density at radius 3 is 2.62 bits per heavy atom. The highest BCUT2D eigenvalue weighted by atomic mass is 28.3. The molecule has 1 unspecified atom stereocenters. The van der Waals surface area contributed by atoms with Crippen molar-refractivity contribution in [3.63, 3.8) is 0 Å². The highest BCUT2D eigenvalue weighted by molar-refractivity contribution is 6.40. The molecule has 0 aromatic carbocycles. The van der Waals surface area contributed by atoms with E-state index < -0.39 is 9.28 Å². The first-order valence-corrected chi connectivity index (χ1v) is 4.82. The third-order valence-electron chi connectivity index (χ3n) is 0.662.